The number of nitrogens with zero attached hydrogens (tertiary/aromatic N) is 2. The summed E-state index contributed by atoms with van der Waals surface area (Å²) in [7, 11) is 0. The Labute approximate surface area is 176 Å². The van der Waals surface area contributed by atoms with Crippen molar-refractivity contribution in [2.24, 2.45) is 23.5 Å². The fourth-order valence-electron chi connectivity index (χ4n) is 4.61. The lowest BCUT2D eigenvalue weighted by molar-refractivity contribution is -0.137. The molecule has 6 heteroatoms. The van der Waals surface area contributed by atoms with E-state index in [1.807, 2.05) is 0 Å². The number of carbonyl (C=O) groups is 1. The summed E-state index contributed by atoms with van der Waals surface area (Å²) in [6.45, 7) is 7.76. The van der Waals surface area contributed by atoms with Crippen LogP contribution in [0, 0.1) is 17.8 Å². The van der Waals surface area contributed by atoms with Crippen LogP contribution in [-0.4, -0.2) is 48.4 Å². The monoisotopic (exact) mass is 415 g/mol. The van der Waals surface area contributed by atoms with Crippen LogP contribution in [0.2, 0.25) is 0 Å². The van der Waals surface area contributed by atoms with Gasteiger partial charge in [-0.1, -0.05) is 36.8 Å². The van der Waals surface area contributed by atoms with E-state index in [9.17, 15) is 4.79 Å². The van der Waals surface area contributed by atoms with Crippen LogP contribution in [-0.2, 0) is 11.3 Å². The standard InChI is InChI=1S/C21H33N3O.2ClH/c1-2-24(21(25)20-10-6-9-19(20)13-22)16-18-11-12-23(15-18)14-17-7-4-3-5-8-17;;/h3-5,7-8,18-20H,2,6,9-16,22H2,1H3;2*1H/t18?,19-,20-;;/m1../s1. The smallest absolute Gasteiger partial charge is 0.226 e. The average Bonchev–Trinajstić information content (AvgIpc) is 3.29. The molecule has 1 aliphatic heterocycles. The zero-order chi connectivity index (χ0) is 17.6. The highest BCUT2D eigenvalue weighted by atomic mass is 35.5. The quantitative estimate of drug-likeness (QED) is 0.739. The maximum atomic E-state index is 13.0. The van der Waals surface area contributed by atoms with Gasteiger partial charge >= 0.3 is 0 Å². The SMILES string of the molecule is CCN(CC1CCN(Cc2ccccc2)C1)C(=O)[C@@H]1CCC[C@@H]1CN.Cl.Cl. The second-order valence-electron chi connectivity index (χ2n) is 7.79. The molecular formula is C21H35Cl2N3O. The van der Waals surface area contributed by atoms with Gasteiger partial charge in [0.15, 0.2) is 0 Å². The van der Waals surface area contributed by atoms with Crippen LogP contribution in [0.1, 0.15) is 38.2 Å². The van der Waals surface area contributed by atoms with Gasteiger partial charge in [0.1, 0.15) is 0 Å². The van der Waals surface area contributed by atoms with E-state index < -0.39 is 0 Å². The predicted molar refractivity (Wildman–Crippen MR) is 116 cm³/mol. The molecule has 1 saturated carbocycles. The third-order valence-electron chi connectivity index (χ3n) is 6.07. The molecule has 1 aliphatic carbocycles. The summed E-state index contributed by atoms with van der Waals surface area (Å²) in [6, 6.07) is 10.7. The zero-order valence-electron chi connectivity index (χ0n) is 16.4. The second-order valence-corrected chi connectivity index (χ2v) is 7.79. The summed E-state index contributed by atoms with van der Waals surface area (Å²) in [5, 5.41) is 0. The Morgan fingerprint density at radius 2 is 1.93 bits per heavy atom. The normalized spacial score (nSPS) is 24.9. The molecule has 1 aromatic carbocycles. The van der Waals surface area contributed by atoms with Crippen molar-refractivity contribution >= 4 is 30.7 Å². The van der Waals surface area contributed by atoms with Gasteiger partial charge in [-0.2, -0.15) is 0 Å². The molecule has 1 unspecified atom stereocenters. The second kappa shape index (κ2) is 11.9. The highest BCUT2D eigenvalue weighted by Crippen LogP contribution is 2.33. The molecule has 2 aliphatic rings. The Kier molecular flexibility index (Phi) is 10.7. The lowest BCUT2D eigenvalue weighted by Crippen LogP contribution is -2.42. The summed E-state index contributed by atoms with van der Waals surface area (Å²) < 4.78 is 0. The first-order valence-electron chi connectivity index (χ1n) is 9.96. The summed E-state index contributed by atoms with van der Waals surface area (Å²) in [5.74, 6) is 1.54. The van der Waals surface area contributed by atoms with Crippen LogP contribution < -0.4 is 5.73 Å². The lowest BCUT2D eigenvalue weighted by Gasteiger charge is -2.29. The van der Waals surface area contributed by atoms with Crippen molar-refractivity contribution < 1.29 is 4.79 Å². The Hall–Kier alpha value is -0.810. The van der Waals surface area contributed by atoms with E-state index in [4.69, 9.17) is 5.73 Å². The Balaban J connectivity index is 0.00000182. The van der Waals surface area contributed by atoms with Gasteiger partial charge in [0.25, 0.3) is 0 Å². The highest BCUT2D eigenvalue weighted by molar-refractivity contribution is 5.85. The van der Waals surface area contributed by atoms with E-state index in [1.54, 1.807) is 0 Å². The minimum Gasteiger partial charge on any atom is -0.342 e. The molecule has 4 nitrogen and oxygen atoms in total. The van der Waals surface area contributed by atoms with Crippen molar-refractivity contribution in [3.8, 4) is 0 Å². The van der Waals surface area contributed by atoms with Crippen LogP contribution in [0.3, 0.4) is 0 Å². The van der Waals surface area contributed by atoms with Gasteiger partial charge in [-0.25, -0.2) is 0 Å². The first-order chi connectivity index (χ1) is 12.2. The van der Waals surface area contributed by atoms with Gasteiger partial charge in [0, 0.05) is 32.1 Å². The molecule has 1 amide bonds. The fraction of sp³-hybridized carbons (Fsp3) is 0.667. The van der Waals surface area contributed by atoms with Gasteiger partial charge in [-0.05, 0) is 56.7 Å². The minimum atomic E-state index is 0. The third-order valence-corrected chi connectivity index (χ3v) is 6.07. The van der Waals surface area contributed by atoms with E-state index in [2.05, 4.69) is 47.1 Å². The first-order valence-corrected chi connectivity index (χ1v) is 9.96. The molecular weight excluding hydrogens is 381 g/mol. The van der Waals surface area contributed by atoms with Crippen LogP contribution >= 0.6 is 24.8 Å². The summed E-state index contributed by atoms with van der Waals surface area (Å²) in [4.78, 5) is 17.6. The molecule has 1 aromatic rings. The largest absolute Gasteiger partial charge is 0.342 e. The zero-order valence-corrected chi connectivity index (χ0v) is 18.0. The summed E-state index contributed by atoms with van der Waals surface area (Å²) >= 11 is 0. The molecule has 154 valence electrons. The van der Waals surface area contributed by atoms with E-state index in [0.717, 1.165) is 52.0 Å². The lowest BCUT2D eigenvalue weighted by atomic mass is 9.94. The van der Waals surface area contributed by atoms with E-state index in [1.165, 1.54) is 12.0 Å². The number of nitrogens with two attached hydrogens (primary N) is 1. The maximum absolute atomic E-state index is 13.0. The van der Waals surface area contributed by atoms with Crippen LogP contribution in [0.15, 0.2) is 30.3 Å². The molecule has 2 N–H and O–H groups in total. The summed E-state index contributed by atoms with van der Waals surface area (Å²) in [5.41, 5.74) is 7.26. The molecule has 1 heterocycles. The molecule has 0 aromatic heterocycles. The number of likely N-dealkylation sites (tertiary alicyclic amines) is 1. The Bertz CT molecular complexity index is 558. The van der Waals surface area contributed by atoms with Crippen LogP contribution in [0.5, 0.6) is 0 Å². The predicted octanol–water partition coefficient (Wildman–Crippen LogP) is 3.58. The number of amides is 1. The number of benzene rings is 1. The molecule has 0 radical (unpaired) electrons. The van der Waals surface area contributed by atoms with Gasteiger partial charge in [-0.15, -0.1) is 24.8 Å². The first kappa shape index (κ1) is 24.2. The van der Waals surface area contributed by atoms with Crippen molar-refractivity contribution in [1.82, 2.24) is 9.80 Å². The number of carbonyl (C=O) groups excluding carboxylic acids is 1. The average molecular weight is 416 g/mol. The topological polar surface area (TPSA) is 49.6 Å². The molecule has 0 spiro atoms. The Morgan fingerprint density at radius 3 is 2.59 bits per heavy atom. The molecule has 27 heavy (non-hydrogen) atoms. The molecule has 0 bridgehead atoms. The van der Waals surface area contributed by atoms with Crippen molar-refractivity contribution in [2.45, 2.75) is 39.2 Å². The van der Waals surface area contributed by atoms with Crippen molar-refractivity contribution in [1.29, 1.82) is 0 Å². The minimum absolute atomic E-state index is 0. The number of rotatable bonds is 7. The maximum Gasteiger partial charge on any atom is 0.226 e. The molecule has 1 saturated heterocycles. The highest BCUT2D eigenvalue weighted by Gasteiger charge is 2.35. The van der Waals surface area contributed by atoms with Crippen molar-refractivity contribution in [3.63, 3.8) is 0 Å². The number of hydrogen-bond donors (Lipinski definition) is 1. The number of hydrogen-bond acceptors (Lipinski definition) is 3. The van der Waals surface area contributed by atoms with Crippen molar-refractivity contribution in [2.75, 3.05) is 32.7 Å². The fourth-order valence-corrected chi connectivity index (χ4v) is 4.61. The van der Waals surface area contributed by atoms with Crippen molar-refractivity contribution in [3.05, 3.63) is 35.9 Å². The molecule has 3 rings (SSSR count). The van der Waals surface area contributed by atoms with Gasteiger partial charge in [0.2, 0.25) is 5.91 Å². The Morgan fingerprint density at radius 1 is 1.19 bits per heavy atom. The van der Waals surface area contributed by atoms with E-state index >= 15 is 0 Å². The van der Waals surface area contributed by atoms with Gasteiger partial charge in [-0.3, -0.25) is 9.69 Å². The van der Waals surface area contributed by atoms with Gasteiger partial charge in [0.05, 0.1) is 0 Å². The number of halogens is 2. The van der Waals surface area contributed by atoms with Crippen LogP contribution in [0.25, 0.3) is 0 Å². The summed E-state index contributed by atoms with van der Waals surface area (Å²) in [6.07, 6.45) is 4.51. The van der Waals surface area contributed by atoms with E-state index in [0.29, 0.717) is 24.3 Å². The third kappa shape index (κ3) is 6.35. The van der Waals surface area contributed by atoms with Gasteiger partial charge < -0.3 is 10.6 Å². The molecule has 3 atom stereocenters. The van der Waals surface area contributed by atoms with E-state index in [-0.39, 0.29) is 30.7 Å². The molecule has 2 fully saturated rings. The van der Waals surface area contributed by atoms with Crippen LogP contribution in [0.4, 0.5) is 0 Å².